The summed E-state index contributed by atoms with van der Waals surface area (Å²) in [6.07, 6.45) is 0.856. The molecule has 0 saturated heterocycles. The van der Waals surface area contributed by atoms with Crippen LogP contribution in [0.25, 0.3) is 0 Å². The van der Waals surface area contributed by atoms with Crippen LogP contribution in [0.15, 0.2) is 42.5 Å². The van der Waals surface area contributed by atoms with Gasteiger partial charge in [0.1, 0.15) is 37.9 Å². The monoisotopic (exact) mass is 554 g/mol. The number of carbonyl (C=O) groups excluding carboxylic acids is 2. The second kappa shape index (κ2) is 18.4. The molecule has 2 N–H and O–H groups in total. The van der Waals surface area contributed by atoms with Gasteiger partial charge in [-0.05, 0) is 26.8 Å². The highest BCUT2D eigenvalue weighted by atomic mass is 28.4. The van der Waals surface area contributed by atoms with E-state index in [1.165, 1.54) is 0 Å². The largest absolute Gasteiger partial charge is 0.500 e. The van der Waals surface area contributed by atoms with Crippen molar-refractivity contribution in [3.8, 4) is 11.5 Å². The molecular weight excluding hydrogens is 512 g/mol. The van der Waals surface area contributed by atoms with Gasteiger partial charge >= 0.3 is 20.7 Å². The van der Waals surface area contributed by atoms with Crippen molar-refractivity contribution in [2.75, 3.05) is 72.7 Å². The fourth-order valence-electron chi connectivity index (χ4n) is 3.08. The van der Waals surface area contributed by atoms with Crippen molar-refractivity contribution < 1.29 is 41.8 Å². The molecule has 1 rings (SSSR count). The molecule has 214 valence electrons. The first-order valence-electron chi connectivity index (χ1n) is 12.3. The Morgan fingerprint density at radius 1 is 0.763 bits per heavy atom. The van der Waals surface area contributed by atoms with E-state index in [1.54, 1.807) is 41.2 Å². The highest BCUT2D eigenvalue weighted by Gasteiger charge is 2.36. The third-order valence-electron chi connectivity index (χ3n) is 5.15. The van der Waals surface area contributed by atoms with Gasteiger partial charge in [-0.25, -0.2) is 9.59 Å². The van der Waals surface area contributed by atoms with Crippen LogP contribution < -0.4 is 20.1 Å². The maximum atomic E-state index is 11.5. The first kappa shape index (κ1) is 33.1. The van der Waals surface area contributed by atoms with Crippen LogP contribution in [-0.4, -0.2) is 88.1 Å². The van der Waals surface area contributed by atoms with E-state index in [9.17, 15) is 9.59 Å². The summed E-state index contributed by atoms with van der Waals surface area (Å²) in [5, 5.41) is 6.70. The second-order valence-corrected chi connectivity index (χ2v) is 11.4. The van der Waals surface area contributed by atoms with Crippen molar-refractivity contribution in [1.29, 1.82) is 0 Å². The average Bonchev–Trinajstić information content (AvgIpc) is 2.90. The molecule has 0 amide bonds. The Kier molecular flexibility index (Phi) is 16.0. The molecule has 11 nitrogen and oxygen atoms in total. The molecule has 0 aliphatic carbocycles. The summed E-state index contributed by atoms with van der Waals surface area (Å²) in [5.74, 6) is 0.126. The topological polar surface area (TPSA) is 123 Å². The van der Waals surface area contributed by atoms with E-state index in [0.717, 1.165) is 31.2 Å². The second-order valence-electron chi connectivity index (χ2n) is 8.30. The van der Waals surface area contributed by atoms with Crippen LogP contribution in [0.5, 0.6) is 11.5 Å². The predicted octanol–water partition coefficient (Wildman–Crippen LogP) is 2.95. The molecule has 0 aliphatic heterocycles. The Bertz CT molecular complexity index is 846. The van der Waals surface area contributed by atoms with Gasteiger partial charge in [-0.3, -0.25) is 0 Å². The average molecular weight is 555 g/mol. The van der Waals surface area contributed by atoms with Gasteiger partial charge in [-0.2, -0.15) is 0 Å². The standard InChI is InChI=1S/C26H42N2O9Si/c1-20(2)25(29)36-14-12-34-23-17-22(18-24(19-23)35-13-15-37-26(30)21(3)4)28-11-10-27-9-8-16-38(31-5,32-6)33-7/h17-19,27-28H,1,3,8-16H2,2,4-7H3. The molecule has 0 bridgehead atoms. The SMILES string of the molecule is C=C(C)C(=O)OCCOc1cc(NCCNCCC[Si](OC)(OC)OC)cc(OCCOC(=O)C(=C)C)c1. The third kappa shape index (κ3) is 13.1. The van der Waals surface area contributed by atoms with Gasteiger partial charge in [0.2, 0.25) is 0 Å². The lowest BCUT2D eigenvalue weighted by molar-refractivity contribution is -0.140. The number of benzene rings is 1. The Hall–Kier alpha value is -2.90. The van der Waals surface area contributed by atoms with E-state index in [0.29, 0.717) is 29.2 Å². The first-order chi connectivity index (χ1) is 18.2. The highest BCUT2D eigenvalue weighted by molar-refractivity contribution is 6.60. The third-order valence-corrected chi connectivity index (χ3v) is 7.98. The molecule has 0 spiro atoms. The minimum Gasteiger partial charge on any atom is -0.490 e. The maximum absolute atomic E-state index is 11.5. The number of rotatable bonds is 21. The van der Waals surface area contributed by atoms with E-state index in [-0.39, 0.29) is 26.4 Å². The molecule has 0 radical (unpaired) electrons. The zero-order chi connectivity index (χ0) is 28.4. The molecule has 38 heavy (non-hydrogen) atoms. The summed E-state index contributed by atoms with van der Waals surface area (Å²) in [5.41, 5.74) is 1.43. The Morgan fingerprint density at radius 3 is 1.71 bits per heavy atom. The van der Waals surface area contributed by atoms with Gasteiger partial charge in [-0.15, -0.1) is 0 Å². The van der Waals surface area contributed by atoms with E-state index in [2.05, 4.69) is 23.8 Å². The molecule has 0 fully saturated rings. The predicted molar refractivity (Wildman–Crippen MR) is 147 cm³/mol. The molecule has 0 aromatic heterocycles. The quantitative estimate of drug-likeness (QED) is 0.101. The van der Waals surface area contributed by atoms with Crippen molar-refractivity contribution in [1.82, 2.24) is 5.32 Å². The molecule has 0 aliphatic rings. The van der Waals surface area contributed by atoms with Crippen LogP contribution in [0.4, 0.5) is 5.69 Å². The molecule has 0 unspecified atom stereocenters. The van der Waals surface area contributed by atoms with E-state index in [4.69, 9.17) is 32.2 Å². The molecular formula is C26H42N2O9Si. The minimum atomic E-state index is -2.55. The van der Waals surface area contributed by atoms with E-state index >= 15 is 0 Å². The van der Waals surface area contributed by atoms with Crippen LogP contribution >= 0.6 is 0 Å². The lowest BCUT2D eigenvalue weighted by Crippen LogP contribution is -2.43. The molecule has 1 aromatic rings. The lowest BCUT2D eigenvalue weighted by atomic mass is 10.2. The minimum absolute atomic E-state index is 0.0830. The van der Waals surface area contributed by atoms with E-state index in [1.807, 2.05) is 12.1 Å². The van der Waals surface area contributed by atoms with Gasteiger partial charge in [0, 0.05) is 75.5 Å². The molecule has 0 saturated carbocycles. The molecule has 0 heterocycles. The summed E-state index contributed by atoms with van der Waals surface area (Å²) in [6, 6.07) is 6.08. The first-order valence-corrected chi connectivity index (χ1v) is 14.3. The van der Waals surface area contributed by atoms with Crippen molar-refractivity contribution in [3.63, 3.8) is 0 Å². The highest BCUT2D eigenvalue weighted by Crippen LogP contribution is 2.26. The molecule has 0 atom stereocenters. The van der Waals surface area contributed by atoms with Crippen molar-refractivity contribution in [3.05, 3.63) is 42.5 Å². The summed E-state index contributed by atoms with van der Waals surface area (Å²) in [6.45, 7) is 12.9. The Balaban J connectivity index is 2.60. The van der Waals surface area contributed by atoms with Crippen molar-refractivity contribution in [2.45, 2.75) is 26.3 Å². The zero-order valence-corrected chi connectivity index (χ0v) is 24.2. The van der Waals surface area contributed by atoms with Gasteiger partial charge in [0.25, 0.3) is 0 Å². The number of hydrogen-bond acceptors (Lipinski definition) is 11. The Morgan fingerprint density at radius 2 is 1.26 bits per heavy atom. The number of ether oxygens (including phenoxy) is 4. The fourth-order valence-corrected chi connectivity index (χ4v) is 4.80. The van der Waals surface area contributed by atoms with Gasteiger partial charge in [0.05, 0.1) is 0 Å². The van der Waals surface area contributed by atoms with Gasteiger partial charge < -0.3 is 42.9 Å². The smallest absolute Gasteiger partial charge is 0.490 e. The number of carbonyl (C=O) groups is 2. The maximum Gasteiger partial charge on any atom is 0.500 e. The van der Waals surface area contributed by atoms with Crippen LogP contribution in [-0.2, 0) is 32.3 Å². The number of nitrogens with one attached hydrogen (secondary N) is 2. The number of hydrogen-bond donors (Lipinski definition) is 2. The summed E-state index contributed by atoms with van der Waals surface area (Å²) < 4.78 is 37.9. The number of esters is 2. The zero-order valence-electron chi connectivity index (χ0n) is 23.2. The normalized spacial score (nSPS) is 11.0. The van der Waals surface area contributed by atoms with E-state index < -0.39 is 20.7 Å². The van der Waals surface area contributed by atoms with Gasteiger partial charge in [0.15, 0.2) is 0 Å². The van der Waals surface area contributed by atoms with Crippen LogP contribution in [0, 0.1) is 0 Å². The summed E-state index contributed by atoms with van der Waals surface area (Å²) >= 11 is 0. The van der Waals surface area contributed by atoms with Crippen LogP contribution in [0.1, 0.15) is 20.3 Å². The lowest BCUT2D eigenvalue weighted by Gasteiger charge is -2.24. The van der Waals surface area contributed by atoms with Crippen molar-refractivity contribution >= 4 is 26.4 Å². The molecule has 1 aromatic carbocycles. The Labute approximate surface area is 226 Å². The number of anilines is 1. The van der Waals surface area contributed by atoms with Gasteiger partial charge in [-0.1, -0.05) is 13.2 Å². The van der Waals surface area contributed by atoms with Crippen LogP contribution in [0.2, 0.25) is 6.04 Å². The summed E-state index contributed by atoms with van der Waals surface area (Å²) in [7, 11) is 2.27. The fraction of sp³-hybridized carbons (Fsp3) is 0.538. The van der Waals surface area contributed by atoms with Crippen molar-refractivity contribution in [2.24, 2.45) is 0 Å². The van der Waals surface area contributed by atoms with Crippen LogP contribution in [0.3, 0.4) is 0 Å². The molecule has 12 heteroatoms. The summed E-state index contributed by atoms with van der Waals surface area (Å²) in [4.78, 5) is 23.1.